The maximum atomic E-state index is 13.6. The average molecular weight is 495 g/mol. The van der Waals surface area contributed by atoms with Gasteiger partial charge in [0.05, 0.1) is 17.9 Å². The van der Waals surface area contributed by atoms with E-state index in [-0.39, 0.29) is 12.0 Å². The molecule has 1 aromatic carbocycles. The number of hydrogen-bond donors (Lipinski definition) is 0. The molecule has 7 nitrogen and oxygen atoms in total. The molecule has 3 heterocycles. The molecule has 0 unspecified atom stereocenters. The Labute approximate surface area is 214 Å². The predicted molar refractivity (Wildman–Crippen MR) is 139 cm³/mol. The average Bonchev–Trinajstić information content (AvgIpc) is 3.18. The number of rotatable bonds is 7. The van der Waals surface area contributed by atoms with Crippen LogP contribution >= 0.6 is 0 Å². The molecule has 1 fully saturated rings. The number of amides is 1. The van der Waals surface area contributed by atoms with E-state index in [1.807, 2.05) is 32.9 Å². The van der Waals surface area contributed by atoms with Crippen molar-refractivity contribution < 1.29 is 23.5 Å². The minimum Gasteiger partial charge on any atom is -0.492 e. The van der Waals surface area contributed by atoms with Crippen LogP contribution in [0.3, 0.4) is 0 Å². The number of likely N-dealkylation sites (tertiary alicyclic amines) is 1. The summed E-state index contributed by atoms with van der Waals surface area (Å²) in [6.45, 7) is 13.7. The van der Waals surface area contributed by atoms with E-state index < -0.39 is 11.4 Å². The van der Waals surface area contributed by atoms with Gasteiger partial charge in [-0.1, -0.05) is 20.3 Å². The Kier molecular flexibility index (Phi) is 7.88. The second kappa shape index (κ2) is 10.9. The van der Waals surface area contributed by atoms with Gasteiger partial charge in [0.15, 0.2) is 0 Å². The van der Waals surface area contributed by atoms with Crippen LogP contribution in [-0.2, 0) is 14.9 Å². The Morgan fingerprint density at radius 1 is 1.08 bits per heavy atom. The van der Waals surface area contributed by atoms with Crippen molar-refractivity contribution in [3.05, 3.63) is 59.2 Å². The highest BCUT2D eigenvalue weighted by atomic mass is 16.5. The monoisotopic (exact) mass is 494 g/mol. The van der Waals surface area contributed by atoms with Crippen molar-refractivity contribution in [2.24, 2.45) is 0 Å². The molecule has 2 aromatic rings. The van der Waals surface area contributed by atoms with Gasteiger partial charge in [0, 0.05) is 35.8 Å². The molecule has 1 aromatic heterocycles. The topological polar surface area (TPSA) is 72.2 Å². The number of nitrogens with zero attached hydrogens (tertiary/aromatic N) is 2. The summed E-state index contributed by atoms with van der Waals surface area (Å²) < 4.78 is 17.3. The highest BCUT2D eigenvalue weighted by molar-refractivity contribution is 6.18. The van der Waals surface area contributed by atoms with Crippen molar-refractivity contribution in [2.75, 3.05) is 32.8 Å². The largest absolute Gasteiger partial charge is 0.492 e. The zero-order chi connectivity index (χ0) is 25.9. The Hall–Kier alpha value is -3.06. The quantitative estimate of drug-likeness (QED) is 0.494. The molecule has 0 atom stereocenters. The fourth-order valence-corrected chi connectivity index (χ4v) is 4.94. The van der Waals surface area contributed by atoms with E-state index in [9.17, 15) is 9.59 Å². The number of hydrogen-bond acceptors (Lipinski definition) is 6. The third-order valence-electron chi connectivity index (χ3n) is 6.76. The van der Waals surface area contributed by atoms with Crippen molar-refractivity contribution in [1.29, 1.82) is 0 Å². The second-order valence-electron chi connectivity index (χ2n) is 10.7. The molecular weight excluding hydrogens is 456 g/mol. The molecular formula is C29H38N2O5. The SMILES string of the molecule is Cc1coc2c1C(C(=O)OC(C)C)=CN(C(=O)c1ccc(OCCN3CCCCC3)cc1)CC2(C)C. The minimum absolute atomic E-state index is 0.194. The fourth-order valence-electron chi connectivity index (χ4n) is 4.94. The maximum absolute atomic E-state index is 13.6. The lowest BCUT2D eigenvalue weighted by Gasteiger charge is -2.28. The summed E-state index contributed by atoms with van der Waals surface area (Å²) in [6.07, 6.45) is 6.83. The lowest BCUT2D eigenvalue weighted by Crippen LogP contribution is -2.36. The highest BCUT2D eigenvalue weighted by Gasteiger charge is 2.38. The fraction of sp³-hybridized carbons (Fsp3) is 0.517. The second-order valence-corrected chi connectivity index (χ2v) is 10.7. The summed E-state index contributed by atoms with van der Waals surface area (Å²) in [4.78, 5) is 30.7. The van der Waals surface area contributed by atoms with Crippen LogP contribution in [0.1, 0.15) is 74.2 Å². The number of carbonyl (C=O) groups excluding carboxylic acids is 2. The van der Waals surface area contributed by atoms with Gasteiger partial charge in [-0.15, -0.1) is 0 Å². The number of piperidine rings is 1. The van der Waals surface area contributed by atoms with Crippen molar-refractivity contribution in [3.63, 3.8) is 0 Å². The van der Waals surface area contributed by atoms with Gasteiger partial charge in [0.1, 0.15) is 18.1 Å². The number of fused-ring (bicyclic) bond motifs is 1. The molecule has 1 amide bonds. The molecule has 7 heteroatoms. The van der Waals surface area contributed by atoms with Crippen LogP contribution in [0.4, 0.5) is 0 Å². The lowest BCUT2D eigenvalue weighted by molar-refractivity contribution is -0.140. The molecule has 36 heavy (non-hydrogen) atoms. The first kappa shape index (κ1) is 26.0. The smallest absolute Gasteiger partial charge is 0.340 e. The van der Waals surface area contributed by atoms with Crippen molar-refractivity contribution in [1.82, 2.24) is 9.80 Å². The molecule has 2 aliphatic rings. The van der Waals surface area contributed by atoms with Crippen molar-refractivity contribution in [3.8, 4) is 5.75 Å². The van der Waals surface area contributed by atoms with Gasteiger partial charge in [0.25, 0.3) is 5.91 Å². The van der Waals surface area contributed by atoms with Gasteiger partial charge in [-0.25, -0.2) is 4.79 Å². The van der Waals surface area contributed by atoms with Gasteiger partial charge in [0.2, 0.25) is 0 Å². The molecule has 194 valence electrons. The molecule has 0 aliphatic carbocycles. The molecule has 0 N–H and O–H groups in total. The van der Waals surface area contributed by atoms with E-state index in [1.165, 1.54) is 19.3 Å². The van der Waals surface area contributed by atoms with E-state index in [1.54, 1.807) is 43.3 Å². The number of benzene rings is 1. The summed E-state index contributed by atoms with van der Waals surface area (Å²) in [5, 5.41) is 0. The van der Waals surface area contributed by atoms with Gasteiger partial charge in [-0.3, -0.25) is 9.69 Å². The molecule has 0 spiro atoms. The van der Waals surface area contributed by atoms with Gasteiger partial charge >= 0.3 is 5.97 Å². The third-order valence-corrected chi connectivity index (χ3v) is 6.76. The van der Waals surface area contributed by atoms with E-state index in [2.05, 4.69) is 4.90 Å². The van der Waals surface area contributed by atoms with Crippen LogP contribution in [-0.4, -0.2) is 60.6 Å². The van der Waals surface area contributed by atoms with Crippen LogP contribution in [0.25, 0.3) is 5.57 Å². The maximum Gasteiger partial charge on any atom is 0.340 e. The summed E-state index contributed by atoms with van der Waals surface area (Å²) in [6, 6.07) is 7.22. The molecule has 0 radical (unpaired) electrons. The van der Waals surface area contributed by atoms with E-state index in [0.717, 1.165) is 30.9 Å². The minimum atomic E-state index is -0.507. The Bertz CT molecular complexity index is 1110. The van der Waals surface area contributed by atoms with Crippen LogP contribution in [0.2, 0.25) is 0 Å². The molecule has 0 saturated carbocycles. The Balaban J connectivity index is 1.52. The Morgan fingerprint density at radius 2 is 1.78 bits per heavy atom. The highest BCUT2D eigenvalue weighted by Crippen LogP contribution is 2.39. The first-order valence-electron chi connectivity index (χ1n) is 12.9. The van der Waals surface area contributed by atoms with Crippen molar-refractivity contribution in [2.45, 2.75) is 65.4 Å². The first-order chi connectivity index (χ1) is 17.2. The van der Waals surface area contributed by atoms with Crippen molar-refractivity contribution >= 4 is 17.4 Å². The zero-order valence-corrected chi connectivity index (χ0v) is 22.1. The van der Waals surface area contributed by atoms with Crippen LogP contribution in [0.15, 0.2) is 41.1 Å². The molecule has 2 aliphatic heterocycles. The van der Waals surface area contributed by atoms with Gasteiger partial charge in [-0.2, -0.15) is 0 Å². The number of aryl methyl sites for hydroxylation is 1. The normalized spacial score (nSPS) is 17.8. The zero-order valence-electron chi connectivity index (χ0n) is 22.1. The number of esters is 1. The van der Waals surface area contributed by atoms with E-state index >= 15 is 0 Å². The molecule has 4 rings (SSSR count). The van der Waals surface area contributed by atoms with Crippen LogP contribution < -0.4 is 4.74 Å². The van der Waals surface area contributed by atoms with Gasteiger partial charge < -0.3 is 18.8 Å². The van der Waals surface area contributed by atoms with E-state index in [0.29, 0.717) is 35.6 Å². The summed E-state index contributed by atoms with van der Waals surface area (Å²) in [5.41, 5.74) is 1.90. The third kappa shape index (κ3) is 5.84. The summed E-state index contributed by atoms with van der Waals surface area (Å²) in [5.74, 6) is 0.760. The standard InChI is InChI=1S/C29H38N2O5/c1-20(2)36-28(33)24-17-31(19-29(4,5)26-25(24)21(3)18-35-26)27(32)22-9-11-23(12-10-22)34-16-15-30-13-7-6-8-14-30/h9-12,17-18,20H,6-8,13-16,19H2,1-5H3. The number of ether oxygens (including phenoxy) is 2. The van der Waals surface area contributed by atoms with E-state index in [4.69, 9.17) is 13.9 Å². The Morgan fingerprint density at radius 3 is 2.44 bits per heavy atom. The van der Waals surface area contributed by atoms with Crippen LogP contribution in [0, 0.1) is 6.92 Å². The number of furan rings is 1. The summed E-state index contributed by atoms with van der Waals surface area (Å²) >= 11 is 0. The summed E-state index contributed by atoms with van der Waals surface area (Å²) in [7, 11) is 0. The lowest BCUT2D eigenvalue weighted by atomic mass is 9.86. The van der Waals surface area contributed by atoms with Gasteiger partial charge in [-0.05, 0) is 76.5 Å². The predicted octanol–water partition coefficient (Wildman–Crippen LogP) is 5.18. The molecule has 0 bridgehead atoms. The van der Waals surface area contributed by atoms with Crippen LogP contribution in [0.5, 0.6) is 5.75 Å². The number of carbonyl (C=O) groups is 2. The molecule has 1 saturated heterocycles. The first-order valence-corrected chi connectivity index (χ1v) is 12.9.